The summed E-state index contributed by atoms with van der Waals surface area (Å²) in [6.45, 7) is 2.88. The van der Waals surface area contributed by atoms with Crippen molar-refractivity contribution in [1.29, 1.82) is 0 Å². The summed E-state index contributed by atoms with van der Waals surface area (Å²) >= 11 is 0. The van der Waals surface area contributed by atoms with E-state index in [1.165, 1.54) is 0 Å². The van der Waals surface area contributed by atoms with Crippen LogP contribution in [0.2, 0.25) is 0 Å². The summed E-state index contributed by atoms with van der Waals surface area (Å²) in [6, 6.07) is 0. The van der Waals surface area contributed by atoms with Gasteiger partial charge in [0.1, 0.15) is 6.61 Å². The summed E-state index contributed by atoms with van der Waals surface area (Å²) in [5, 5.41) is 17.9. The van der Waals surface area contributed by atoms with Crippen LogP contribution >= 0.6 is 0 Å². The van der Waals surface area contributed by atoms with Gasteiger partial charge in [-0.1, -0.05) is 6.92 Å². The van der Waals surface area contributed by atoms with E-state index in [2.05, 4.69) is 6.92 Å². The van der Waals surface area contributed by atoms with Gasteiger partial charge in [0.2, 0.25) is 0 Å². The first-order chi connectivity index (χ1) is 2.81. The molecule has 1 unspecified atom stereocenters. The zero-order valence-corrected chi connectivity index (χ0v) is 3.55. The first-order valence-corrected chi connectivity index (χ1v) is 1.86. The molecular weight excluding hydrogens is 80.0 g/mol. The van der Waals surface area contributed by atoms with Crippen LogP contribution in [0.4, 0.5) is 0 Å². The van der Waals surface area contributed by atoms with E-state index in [-0.39, 0.29) is 0 Å². The Morgan fingerprint density at radius 2 is 2.33 bits per heavy atom. The van der Waals surface area contributed by atoms with Crippen molar-refractivity contribution in [1.82, 2.24) is 0 Å². The molecule has 0 rings (SSSR count). The van der Waals surface area contributed by atoms with Gasteiger partial charge in [0.15, 0.2) is 0 Å². The summed E-state index contributed by atoms with van der Waals surface area (Å²) < 4.78 is 0. The average molecular weight is 88.1 g/mol. The van der Waals surface area contributed by atoms with Gasteiger partial charge >= 0.3 is 0 Å². The molecule has 0 bridgehead atoms. The fourth-order valence-corrected chi connectivity index (χ4v) is 0.0833. The third-order valence-corrected chi connectivity index (χ3v) is 0.526. The zero-order chi connectivity index (χ0) is 4.99. The quantitative estimate of drug-likeness (QED) is 0.507. The van der Waals surface area contributed by atoms with Crippen LogP contribution in [0.3, 0.4) is 0 Å². The molecule has 0 aromatic rings. The molecule has 0 aliphatic rings. The molecule has 0 aliphatic heterocycles. The summed E-state index contributed by atoms with van der Waals surface area (Å²) in [5.74, 6) is 0. The second-order valence-corrected chi connectivity index (χ2v) is 1.11. The fourth-order valence-electron chi connectivity index (χ4n) is 0.0833. The van der Waals surface area contributed by atoms with E-state index in [4.69, 9.17) is 5.11 Å². The van der Waals surface area contributed by atoms with Crippen LogP contribution in [0.5, 0.6) is 0 Å². The van der Waals surface area contributed by atoms with Gasteiger partial charge in [-0.25, -0.2) is 5.11 Å². The van der Waals surface area contributed by atoms with E-state index in [1.54, 1.807) is 0 Å². The van der Waals surface area contributed by atoms with E-state index in [0.717, 1.165) is 0 Å². The van der Waals surface area contributed by atoms with Gasteiger partial charge in [0, 0.05) is 0 Å². The summed E-state index contributed by atoms with van der Waals surface area (Å²) in [6.07, 6.45) is -0.409. The average Bonchev–Trinajstić information content (AvgIpc) is 1.65. The van der Waals surface area contributed by atoms with Crippen LogP contribution in [-0.2, 0) is 5.11 Å². The summed E-state index contributed by atoms with van der Waals surface area (Å²) in [4.78, 5) is 0. The van der Waals surface area contributed by atoms with E-state index in [1.807, 2.05) is 0 Å². The fraction of sp³-hybridized carbons (Fsp3) is 0.750. The highest BCUT2D eigenvalue weighted by molar-refractivity contribution is 4.51. The van der Waals surface area contributed by atoms with Crippen molar-refractivity contribution < 1.29 is 10.2 Å². The van der Waals surface area contributed by atoms with Crippen molar-refractivity contribution in [3.63, 3.8) is 0 Å². The summed E-state index contributed by atoms with van der Waals surface area (Å²) in [5.41, 5.74) is 0. The highest BCUT2D eigenvalue weighted by Gasteiger charge is 1.93. The van der Waals surface area contributed by atoms with Crippen LogP contribution < -0.4 is 0 Å². The molecule has 0 aromatic carbocycles. The van der Waals surface area contributed by atoms with E-state index < -0.39 is 12.7 Å². The Hall–Kier alpha value is -0.0800. The van der Waals surface area contributed by atoms with Gasteiger partial charge < -0.3 is 5.11 Å². The SMILES string of the molecule is [CH2]CC(O)C[O]. The molecule has 0 saturated carbocycles. The second kappa shape index (κ2) is 3.12. The highest BCUT2D eigenvalue weighted by Crippen LogP contribution is 1.83. The van der Waals surface area contributed by atoms with Crippen LogP contribution in [0.25, 0.3) is 0 Å². The Labute approximate surface area is 37.4 Å². The predicted octanol–water partition coefficient (Wildman–Crippen LogP) is 0.00199. The molecule has 0 aromatic heterocycles. The van der Waals surface area contributed by atoms with Crippen LogP contribution in [0, 0.1) is 6.92 Å². The predicted molar refractivity (Wildman–Crippen MR) is 21.5 cm³/mol. The van der Waals surface area contributed by atoms with Crippen molar-refractivity contribution in [3.05, 3.63) is 6.92 Å². The minimum atomic E-state index is -0.731. The van der Waals surface area contributed by atoms with Crippen molar-refractivity contribution in [2.75, 3.05) is 6.61 Å². The van der Waals surface area contributed by atoms with Crippen LogP contribution in [-0.4, -0.2) is 17.8 Å². The lowest BCUT2D eigenvalue weighted by molar-refractivity contribution is 0.0570. The lowest BCUT2D eigenvalue weighted by Gasteiger charge is -1.95. The number of hydrogen-bond donors (Lipinski definition) is 1. The topological polar surface area (TPSA) is 40.1 Å². The molecule has 0 spiro atoms. The molecule has 0 aliphatic carbocycles. The molecule has 0 fully saturated rings. The second-order valence-electron chi connectivity index (χ2n) is 1.11. The lowest BCUT2D eigenvalue weighted by Crippen LogP contribution is -2.07. The first kappa shape index (κ1) is 5.92. The maximum atomic E-state index is 9.57. The standard InChI is InChI=1S/C4H8O2/c1-2-4(6)3-5/h4,6H,1-3H2. The maximum Gasteiger partial charge on any atom is 0.108 e. The Morgan fingerprint density at radius 1 is 1.83 bits per heavy atom. The minimum absolute atomic E-state index is 0.323. The van der Waals surface area contributed by atoms with Crippen LogP contribution in [0.15, 0.2) is 0 Å². The third kappa shape index (κ3) is 2.18. The van der Waals surface area contributed by atoms with Gasteiger partial charge in [0.05, 0.1) is 6.10 Å². The highest BCUT2D eigenvalue weighted by atomic mass is 16.3. The number of aliphatic hydroxyl groups excluding tert-OH is 1. The Bertz CT molecular complexity index is 24.7. The number of hydrogen-bond acceptors (Lipinski definition) is 1. The normalized spacial score (nSPS) is 14.5. The minimum Gasteiger partial charge on any atom is -0.391 e. The molecule has 1 N–H and O–H groups in total. The van der Waals surface area contributed by atoms with Gasteiger partial charge in [-0.15, -0.1) is 0 Å². The maximum absolute atomic E-state index is 9.57. The largest absolute Gasteiger partial charge is 0.391 e. The van der Waals surface area contributed by atoms with Gasteiger partial charge in [-0.2, -0.15) is 0 Å². The van der Waals surface area contributed by atoms with Gasteiger partial charge in [-0.3, -0.25) is 0 Å². The zero-order valence-electron chi connectivity index (χ0n) is 3.55. The molecule has 6 heavy (non-hydrogen) atoms. The number of rotatable bonds is 2. The molecule has 2 nitrogen and oxygen atoms in total. The van der Waals surface area contributed by atoms with Crippen molar-refractivity contribution >= 4 is 0 Å². The molecule has 0 heterocycles. The molecule has 0 amide bonds. The monoisotopic (exact) mass is 88.1 g/mol. The first-order valence-electron chi connectivity index (χ1n) is 1.86. The van der Waals surface area contributed by atoms with E-state index in [9.17, 15) is 5.11 Å². The van der Waals surface area contributed by atoms with Gasteiger partial charge in [-0.05, 0) is 6.42 Å². The summed E-state index contributed by atoms with van der Waals surface area (Å²) in [7, 11) is 0. The smallest absolute Gasteiger partial charge is 0.108 e. The molecular formula is C4H8O2. The van der Waals surface area contributed by atoms with Crippen molar-refractivity contribution in [3.8, 4) is 0 Å². The van der Waals surface area contributed by atoms with E-state index in [0.29, 0.717) is 6.42 Å². The third-order valence-electron chi connectivity index (χ3n) is 0.526. The Morgan fingerprint density at radius 3 is 2.33 bits per heavy atom. The molecule has 2 heteroatoms. The Kier molecular flexibility index (Phi) is 3.08. The van der Waals surface area contributed by atoms with Crippen molar-refractivity contribution in [2.45, 2.75) is 12.5 Å². The van der Waals surface area contributed by atoms with Crippen LogP contribution in [0.1, 0.15) is 6.42 Å². The molecule has 36 valence electrons. The lowest BCUT2D eigenvalue weighted by atomic mass is 10.3. The molecule has 1 atom stereocenters. The van der Waals surface area contributed by atoms with E-state index >= 15 is 0 Å². The Balaban J connectivity index is 2.75. The number of aliphatic hydroxyl groups is 1. The molecule has 2 radical (unpaired) electrons. The molecule has 0 saturated heterocycles. The van der Waals surface area contributed by atoms with Gasteiger partial charge in [0.25, 0.3) is 0 Å². The van der Waals surface area contributed by atoms with Crippen molar-refractivity contribution in [2.24, 2.45) is 0 Å².